The number of hydrogen-bond acceptors (Lipinski definition) is 4. The number of piperidine rings is 2. The van der Waals surface area contributed by atoms with Crippen LogP contribution in [0.3, 0.4) is 0 Å². The van der Waals surface area contributed by atoms with Crippen LogP contribution < -0.4 is 0 Å². The fraction of sp³-hybridized carbons (Fsp3) is 0.571. The Labute approximate surface area is 160 Å². The lowest BCUT2D eigenvalue weighted by molar-refractivity contribution is -0.142. The average molecular weight is 369 g/mol. The predicted molar refractivity (Wildman–Crippen MR) is 101 cm³/mol. The number of nitriles is 1. The number of nitrogens with zero attached hydrogens (tertiary/aromatic N) is 3. The third-order valence-electron chi connectivity index (χ3n) is 5.84. The summed E-state index contributed by atoms with van der Waals surface area (Å²) in [6.07, 6.45) is 4.09. The van der Waals surface area contributed by atoms with Crippen LogP contribution in [0, 0.1) is 17.2 Å². The largest absolute Gasteiger partial charge is 0.469 e. The zero-order chi connectivity index (χ0) is 19.2. The summed E-state index contributed by atoms with van der Waals surface area (Å²) in [7, 11) is 1.42. The van der Waals surface area contributed by atoms with Crippen LogP contribution in [0.15, 0.2) is 24.3 Å². The molecule has 2 fully saturated rings. The van der Waals surface area contributed by atoms with Gasteiger partial charge in [0.05, 0.1) is 18.7 Å². The summed E-state index contributed by atoms with van der Waals surface area (Å²) in [5.74, 6) is 0.612. The number of methoxy groups -OCH3 is 1. The van der Waals surface area contributed by atoms with Gasteiger partial charge in [0, 0.05) is 32.6 Å². The summed E-state index contributed by atoms with van der Waals surface area (Å²) < 4.78 is 4.74. The SMILES string of the molecule is COC(=O)CC1CCN(C(=O)N2CCC(c3ccc(C#N)cc3)CC2)CC1. The van der Waals surface area contributed by atoms with E-state index in [1.165, 1.54) is 12.7 Å². The van der Waals surface area contributed by atoms with Crippen LogP contribution in [0.5, 0.6) is 0 Å². The van der Waals surface area contributed by atoms with Crippen molar-refractivity contribution in [3.63, 3.8) is 0 Å². The number of urea groups is 1. The van der Waals surface area contributed by atoms with Gasteiger partial charge in [-0.1, -0.05) is 12.1 Å². The van der Waals surface area contributed by atoms with Crippen LogP contribution in [0.4, 0.5) is 4.79 Å². The maximum Gasteiger partial charge on any atom is 0.319 e. The maximum absolute atomic E-state index is 12.8. The Kier molecular flexibility index (Phi) is 6.33. The molecule has 0 spiro atoms. The van der Waals surface area contributed by atoms with E-state index < -0.39 is 0 Å². The lowest BCUT2D eigenvalue weighted by Gasteiger charge is -2.38. The number of benzene rings is 1. The highest BCUT2D eigenvalue weighted by atomic mass is 16.5. The molecule has 2 amide bonds. The molecule has 1 aromatic rings. The summed E-state index contributed by atoms with van der Waals surface area (Å²) in [5, 5.41) is 8.91. The first-order valence-corrected chi connectivity index (χ1v) is 9.71. The highest BCUT2D eigenvalue weighted by Crippen LogP contribution is 2.29. The Morgan fingerprint density at radius 1 is 1.04 bits per heavy atom. The van der Waals surface area contributed by atoms with Crippen molar-refractivity contribution in [2.24, 2.45) is 5.92 Å². The van der Waals surface area contributed by atoms with Gasteiger partial charge >= 0.3 is 12.0 Å². The minimum absolute atomic E-state index is 0.129. The summed E-state index contributed by atoms with van der Waals surface area (Å²) in [6.45, 7) is 2.98. The molecule has 2 aliphatic heterocycles. The molecule has 2 heterocycles. The van der Waals surface area contributed by atoms with Crippen LogP contribution in [-0.4, -0.2) is 55.1 Å². The van der Waals surface area contributed by atoms with Crippen LogP contribution in [0.25, 0.3) is 0 Å². The van der Waals surface area contributed by atoms with Crippen molar-refractivity contribution >= 4 is 12.0 Å². The molecule has 144 valence electrons. The normalized spacial score (nSPS) is 18.8. The van der Waals surface area contributed by atoms with Crippen molar-refractivity contribution in [3.05, 3.63) is 35.4 Å². The maximum atomic E-state index is 12.8. The number of carbonyl (C=O) groups excluding carboxylic acids is 2. The van der Waals surface area contributed by atoms with Crippen molar-refractivity contribution in [3.8, 4) is 6.07 Å². The Hall–Kier alpha value is -2.55. The van der Waals surface area contributed by atoms with E-state index in [0.717, 1.165) is 51.9 Å². The van der Waals surface area contributed by atoms with Crippen LogP contribution in [0.2, 0.25) is 0 Å². The smallest absolute Gasteiger partial charge is 0.319 e. The Morgan fingerprint density at radius 3 is 2.11 bits per heavy atom. The molecule has 2 saturated heterocycles. The molecular formula is C21H27N3O3. The first-order chi connectivity index (χ1) is 13.1. The molecule has 6 nitrogen and oxygen atoms in total. The lowest BCUT2D eigenvalue weighted by Crippen LogP contribution is -2.49. The van der Waals surface area contributed by atoms with Gasteiger partial charge in [-0.25, -0.2) is 4.79 Å². The molecule has 0 saturated carbocycles. The summed E-state index contributed by atoms with van der Waals surface area (Å²) in [6, 6.07) is 10.1. The second kappa shape index (κ2) is 8.90. The molecule has 0 atom stereocenters. The second-order valence-electron chi connectivity index (χ2n) is 7.49. The fourth-order valence-corrected chi connectivity index (χ4v) is 4.08. The molecule has 1 aromatic carbocycles. The lowest BCUT2D eigenvalue weighted by atomic mass is 9.89. The molecule has 2 aliphatic rings. The van der Waals surface area contributed by atoms with E-state index in [2.05, 4.69) is 6.07 Å². The highest BCUT2D eigenvalue weighted by molar-refractivity contribution is 5.75. The molecule has 0 aromatic heterocycles. The van der Waals surface area contributed by atoms with E-state index in [1.807, 2.05) is 34.1 Å². The van der Waals surface area contributed by atoms with E-state index >= 15 is 0 Å². The summed E-state index contributed by atoms with van der Waals surface area (Å²) in [5.41, 5.74) is 1.94. The van der Waals surface area contributed by atoms with E-state index in [1.54, 1.807) is 0 Å². The van der Waals surface area contributed by atoms with Crippen LogP contribution >= 0.6 is 0 Å². The third-order valence-corrected chi connectivity index (χ3v) is 5.84. The molecule has 0 N–H and O–H groups in total. The summed E-state index contributed by atoms with van der Waals surface area (Å²) in [4.78, 5) is 28.1. The molecule has 0 bridgehead atoms. The number of ether oxygens (including phenoxy) is 1. The van der Waals surface area contributed by atoms with E-state index in [0.29, 0.717) is 23.8 Å². The average Bonchev–Trinajstić information content (AvgIpc) is 2.74. The second-order valence-corrected chi connectivity index (χ2v) is 7.49. The van der Waals surface area contributed by atoms with Gasteiger partial charge in [0.1, 0.15) is 0 Å². The topological polar surface area (TPSA) is 73.6 Å². The Balaban J connectivity index is 1.46. The van der Waals surface area contributed by atoms with Crippen molar-refractivity contribution in [2.75, 3.05) is 33.3 Å². The van der Waals surface area contributed by atoms with Gasteiger partial charge in [-0.15, -0.1) is 0 Å². The van der Waals surface area contributed by atoms with Gasteiger partial charge in [-0.2, -0.15) is 5.26 Å². The van der Waals surface area contributed by atoms with Crippen molar-refractivity contribution in [2.45, 2.75) is 38.0 Å². The zero-order valence-corrected chi connectivity index (χ0v) is 15.9. The molecule has 0 radical (unpaired) electrons. The molecule has 0 aliphatic carbocycles. The zero-order valence-electron chi connectivity index (χ0n) is 15.9. The number of amides is 2. The van der Waals surface area contributed by atoms with Crippen LogP contribution in [-0.2, 0) is 9.53 Å². The monoisotopic (exact) mass is 369 g/mol. The number of hydrogen-bond donors (Lipinski definition) is 0. The number of carbonyl (C=O) groups is 2. The molecular weight excluding hydrogens is 342 g/mol. The molecule has 27 heavy (non-hydrogen) atoms. The van der Waals surface area contributed by atoms with Gasteiger partial charge in [0.2, 0.25) is 0 Å². The Bertz CT molecular complexity index is 694. The van der Waals surface area contributed by atoms with Gasteiger partial charge in [-0.3, -0.25) is 4.79 Å². The van der Waals surface area contributed by atoms with E-state index in [4.69, 9.17) is 10.00 Å². The number of rotatable bonds is 3. The van der Waals surface area contributed by atoms with Gasteiger partial charge in [0.15, 0.2) is 0 Å². The van der Waals surface area contributed by atoms with Gasteiger partial charge < -0.3 is 14.5 Å². The predicted octanol–water partition coefficient (Wildman–Crippen LogP) is 3.13. The summed E-state index contributed by atoms with van der Waals surface area (Å²) >= 11 is 0. The fourth-order valence-electron chi connectivity index (χ4n) is 4.08. The first-order valence-electron chi connectivity index (χ1n) is 9.71. The van der Waals surface area contributed by atoms with Gasteiger partial charge in [0.25, 0.3) is 0 Å². The van der Waals surface area contributed by atoms with E-state index in [-0.39, 0.29) is 12.0 Å². The number of likely N-dealkylation sites (tertiary alicyclic amines) is 2. The Morgan fingerprint density at radius 2 is 1.59 bits per heavy atom. The standard InChI is InChI=1S/C21H27N3O3/c1-27-20(25)14-16-6-10-23(11-7-16)21(26)24-12-8-19(9-13-24)18-4-2-17(15-22)3-5-18/h2-5,16,19H,6-14H2,1H3. The molecule has 6 heteroatoms. The number of esters is 1. The van der Waals surface area contributed by atoms with E-state index in [9.17, 15) is 9.59 Å². The minimum Gasteiger partial charge on any atom is -0.469 e. The highest BCUT2D eigenvalue weighted by Gasteiger charge is 2.30. The van der Waals surface area contributed by atoms with Crippen molar-refractivity contribution in [1.29, 1.82) is 5.26 Å². The van der Waals surface area contributed by atoms with Crippen molar-refractivity contribution in [1.82, 2.24) is 9.80 Å². The third kappa shape index (κ3) is 4.79. The first kappa shape index (κ1) is 19.2. The van der Waals surface area contributed by atoms with Gasteiger partial charge in [-0.05, 0) is 55.2 Å². The molecule has 0 unspecified atom stereocenters. The minimum atomic E-state index is -0.162. The van der Waals surface area contributed by atoms with Crippen LogP contribution in [0.1, 0.15) is 49.1 Å². The molecule has 3 rings (SSSR count). The quantitative estimate of drug-likeness (QED) is 0.767. The van der Waals surface area contributed by atoms with Crippen molar-refractivity contribution < 1.29 is 14.3 Å².